The summed E-state index contributed by atoms with van der Waals surface area (Å²) in [6.07, 6.45) is 8.27. The molecule has 0 aliphatic heterocycles. The van der Waals surface area contributed by atoms with Crippen molar-refractivity contribution in [1.82, 2.24) is 4.90 Å². The molecule has 2 heteroatoms. The fraction of sp³-hybridized carbons (Fsp3) is 0.625. The van der Waals surface area contributed by atoms with Gasteiger partial charge in [0.15, 0.2) is 0 Å². The molecule has 1 aromatic carbocycles. The fourth-order valence-corrected chi connectivity index (χ4v) is 3.18. The van der Waals surface area contributed by atoms with Crippen molar-refractivity contribution in [2.24, 2.45) is 5.92 Å². The molecule has 1 aromatic rings. The van der Waals surface area contributed by atoms with Gasteiger partial charge in [-0.1, -0.05) is 25.0 Å². The van der Waals surface area contributed by atoms with Gasteiger partial charge in [0.1, 0.15) is 5.82 Å². The lowest BCUT2D eigenvalue weighted by Crippen LogP contribution is -2.30. The van der Waals surface area contributed by atoms with Gasteiger partial charge in [0.2, 0.25) is 0 Å². The highest BCUT2D eigenvalue weighted by atomic mass is 19.1. The quantitative estimate of drug-likeness (QED) is 0.760. The first-order valence-corrected chi connectivity index (χ1v) is 7.30. The average Bonchev–Trinajstić information content (AvgIpc) is 3.08. The Morgan fingerprint density at radius 3 is 2.56 bits per heavy atom. The van der Waals surface area contributed by atoms with Crippen LogP contribution in [0.15, 0.2) is 24.3 Å². The lowest BCUT2D eigenvalue weighted by Gasteiger charge is -2.25. The summed E-state index contributed by atoms with van der Waals surface area (Å²) in [5.41, 5.74) is 1.12. The van der Waals surface area contributed by atoms with Crippen molar-refractivity contribution in [3.8, 4) is 0 Å². The summed E-state index contributed by atoms with van der Waals surface area (Å²) in [5, 5.41) is 0. The Morgan fingerprint density at radius 1 is 1.11 bits per heavy atom. The van der Waals surface area contributed by atoms with E-state index in [1.807, 2.05) is 12.1 Å². The predicted molar refractivity (Wildman–Crippen MR) is 71.8 cm³/mol. The van der Waals surface area contributed by atoms with Crippen LogP contribution >= 0.6 is 0 Å². The van der Waals surface area contributed by atoms with Crippen LogP contribution in [0, 0.1) is 11.7 Å². The zero-order chi connectivity index (χ0) is 12.4. The van der Waals surface area contributed by atoms with Crippen molar-refractivity contribution in [3.05, 3.63) is 35.6 Å². The summed E-state index contributed by atoms with van der Waals surface area (Å²) >= 11 is 0. The lowest BCUT2D eigenvalue weighted by molar-refractivity contribution is 0.214. The van der Waals surface area contributed by atoms with E-state index in [4.69, 9.17) is 0 Å². The second-order valence-corrected chi connectivity index (χ2v) is 5.94. The van der Waals surface area contributed by atoms with Crippen molar-refractivity contribution in [3.63, 3.8) is 0 Å². The van der Waals surface area contributed by atoms with Gasteiger partial charge in [-0.15, -0.1) is 0 Å². The Hall–Kier alpha value is -0.890. The summed E-state index contributed by atoms with van der Waals surface area (Å²) < 4.78 is 13.2. The topological polar surface area (TPSA) is 3.24 Å². The minimum absolute atomic E-state index is 0.107. The largest absolute Gasteiger partial charge is 0.296 e. The van der Waals surface area contributed by atoms with Gasteiger partial charge in [-0.25, -0.2) is 4.39 Å². The van der Waals surface area contributed by atoms with Crippen LogP contribution in [-0.2, 0) is 6.54 Å². The highest BCUT2D eigenvalue weighted by Crippen LogP contribution is 2.32. The predicted octanol–water partition coefficient (Wildman–Crippen LogP) is 3.98. The molecular formula is C16H22FN. The minimum Gasteiger partial charge on any atom is -0.296 e. The summed E-state index contributed by atoms with van der Waals surface area (Å²) in [4.78, 5) is 2.59. The number of benzene rings is 1. The van der Waals surface area contributed by atoms with Gasteiger partial charge in [-0.2, -0.15) is 0 Å². The molecule has 0 N–H and O–H groups in total. The molecule has 0 radical (unpaired) electrons. The number of hydrogen-bond acceptors (Lipinski definition) is 1. The number of rotatable bonds is 5. The van der Waals surface area contributed by atoms with Gasteiger partial charge >= 0.3 is 0 Å². The maximum atomic E-state index is 13.2. The highest BCUT2D eigenvalue weighted by molar-refractivity contribution is 5.16. The molecule has 0 bridgehead atoms. The molecule has 98 valence electrons. The number of hydrogen-bond donors (Lipinski definition) is 0. The van der Waals surface area contributed by atoms with Crippen molar-refractivity contribution < 1.29 is 4.39 Å². The van der Waals surface area contributed by atoms with Crippen molar-refractivity contribution >= 4 is 0 Å². The van der Waals surface area contributed by atoms with E-state index in [1.165, 1.54) is 51.1 Å². The van der Waals surface area contributed by atoms with E-state index in [2.05, 4.69) is 4.90 Å². The number of nitrogens with zero attached hydrogens (tertiary/aromatic N) is 1. The van der Waals surface area contributed by atoms with Crippen LogP contribution < -0.4 is 0 Å². The third kappa shape index (κ3) is 3.11. The van der Waals surface area contributed by atoms with Gasteiger partial charge in [-0.3, -0.25) is 4.90 Å². The Bertz CT molecular complexity index is 394. The minimum atomic E-state index is -0.107. The Labute approximate surface area is 109 Å². The third-order valence-electron chi connectivity index (χ3n) is 4.31. The summed E-state index contributed by atoms with van der Waals surface area (Å²) in [5.74, 6) is 0.781. The lowest BCUT2D eigenvalue weighted by atomic mass is 10.1. The molecule has 2 fully saturated rings. The second kappa shape index (κ2) is 5.40. The smallest absolute Gasteiger partial charge is 0.123 e. The molecule has 0 atom stereocenters. The van der Waals surface area contributed by atoms with Crippen molar-refractivity contribution in [1.29, 1.82) is 0 Å². The molecule has 1 nitrogen and oxygen atoms in total. The highest BCUT2D eigenvalue weighted by Gasteiger charge is 2.31. The summed E-state index contributed by atoms with van der Waals surface area (Å²) in [6, 6.07) is 7.86. The van der Waals surface area contributed by atoms with Gasteiger partial charge in [-0.05, 0) is 49.3 Å². The molecule has 0 saturated heterocycles. The first-order valence-electron chi connectivity index (χ1n) is 7.30. The zero-order valence-corrected chi connectivity index (χ0v) is 10.9. The second-order valence-electron chi connectivity index (χ2n) is 5.94. The van der Waals surface area contributed by atoms with Gasteiger partial charge in [0.25, 0.3) is 0 Å². The maximum absolute atomic E-state index is 13.2. The standard InChI is InChI=1S/C16H22FN/c17-15-7-3-6-14(10-15)12-18(16-8-9-16)11-13-4-1-2-5-13/h3,6-7,10,13,16H,1-2,4-5,8-9,11-12H2. The van der Waals surface area contributed by atoms with Crippen molar-refractivity contribution in [2.45, 2.75) is 51.1 Å². The van der Waals surface area contributed by atoms with Gasteiger partial charge < -0.3 is 0 Å². The van der Waals surface area contributed by atoms with Crippen LogP contribution in [0.5, 0.6) is 0 Å². The molecule has 2 aliphatic rings. The van der Waals surface area contributed by atoms with E-state index in [0.29, 0.717) is 0 Å². The molecule has 3 rings (SSSR count). The zero-order valence-electron chi connectivity index (χ0n) is 10.9. The third-order valence-corrected chi connectivity index (χ3v) is 4.31. The molecule has 0 unspecified atom stereocenters. The van der Waals surface area contributed by atoms with Gasteiger partial charge in [0.05, 0.1) is 0 Å². The monoisotopic (exact) mass is 247 g/mol. The van der Waals surface area contributed by atoms with Crippen LogP contribution in [0.3, 0.4) is 0 Å². The molecular weight excluding hydrogens is 225 g/mol. The van der Waals surface area contributed by atoms with Crippen LogP contribution in [0.4, 0.5) is 4.39 Å². The molecule has 2 saturated carbocycles. The van der Waals surface area contributed by atoms with Crippen molar-refractivity contribution in [2.75, 3.05) is 6.54 Å². The molecule has 18 heavy (non-hydrogen) atoms. The van der Waals surface area contributed by atoms with E-state index >= 15 is 0 Å². The van der Waals surface area contributed by atoms with E-state index in [9.17, 15) is 4.39 Å². The summed E-state index contributed by atoms with van der Waals surface area (Å²) in [6.45, 7) is 2.15. The number of halogens is 1. The molecule has 0 amide bonds. The Morgan fingerprint density at radius 2 is 1.89 bits per heavy atom. The molecule has 0 heterocycles. The molecule has 0 spiro atoms. The fourth-order valence-electron chi connectivity index (χ4n) is 3.18. The van der Waals surface area contributed by atoms with Crippen LogP contribution in [0.1, 0.15) is 44.1 Å². The van der Waals surface area contributed by atoms with Gasteiger partial charge in [0, 0.05) is 19.1 Å². The van der Waals surface area contributed by atoms with Crippen LogP contribution in [0.25, 0.3) is 0 Å². The van der Waals surface area contributed by atoms with Crippen LogP contribution in [-0.4, -0.2) is 17.5 Å². The Kier molecular flexibility index (Phi) is 3.64. The first-order chi connectivity index (χ1) is 8.81. The maximum Gasteiger partial charge on any atom is 0.123 e. The SMILES string of the molecule is Fc1cccc(CN(CC2CCCC2)C2CC2)c1. The average molecular weight is 247 g/mol. The normalized spacial score (nSPS) is 20.8. The van der Waals surface area contributed by atoms with E-state index in [0.717, 1.165) is 24.1 Å². The first kappa shape index (κ1) is 12.2. The molecule has 0 aromatic heterocycles. The van der Waals surface area contributed by atoms with E-state index in [-0.39, 0.29) is 5.82 Å². The Balaban J connectivity index is 1.62. The van der Waals surface area contributed by atoms with E-state index in [1.54, 1.807) is 6.07 Å². The summed E-state index contributed by atoms with van der Waals surface area (Å²) in [7, 11) is 0. The van der Waals surface area contributed by atoms with E-state index < -0.39 is 0 Å². The van der Waals surface area contributed by atoms with Crippen LogP contribution in [0.2, 0.25) is 0 Å². The molecule has 2 aliphatic carbocycles.